The number of aromatic nitrogens is 2. The minimum atomic E-state index is 0.0989. The molecule has 1 unspecified atom stereocenters. The van der Waals surface area contributed by atoms with Crippen molar-refractivity contribution in [3.05, 3.63) is 5.89 Å². The Hall–Kier alpha value is -0.810. The molecule has 0 aromatic carbocycles. The van der Waals surface area contributed by atoms with E-state index in [1.165, 1.54) is 6.42 Å². The molecule has 0 spiro atoms. The van der Waals surface area contributed by atoms with E-state index in [1.54, 1.807) is 0 Å². The molecule has 1 aromatic rings. The Kier molecular flexibility index (Phi) is 4.62. The van der Waals surface area contributed by atoms with Crippen molar-refractivity contribution >= 4 is 17.6 Å². The molecule has 1 aliphatic rings. The third-order valence-electron chi connectivity index (χ3n) is 3.10. The fraction of sp³-hybridized carbons (Fsp3) is 0.818. The van der Waals surface area contributed by atoms with E-state index in [0.717, 1.165) is 25.8 Å². The number of aryl methyl sites for hydroxylation is 1. The van der Waals surface area contributed by atoms with Gasteiger partial charge in [0.2, 0.25) is 5.89 Å². The smallest absolute Gasteiger partial charge is 0.318 e. The van der Waals surface area contributed by atoms with Crippen LogP contribution in [-0.4, -0.2) is 40.4 Å². The van der Waals surface area contributed by atoms with Crippen LogP contribution in [0, 0.1) is 0 Å². The highest BCUT2D eigenvalue weighted by Crippen LogP contribution is 2.23. The number of alkyl halides is 1. The number of halogens is 1. The van der Waals surface area contributed by atoms with Gasteiger partial charge in [-0.15, -0.1) is 16.7 Å². The van der Waals surface area contributed by atoms with Gasteiger partial charge in [0.05, 0.1) is 12.6 Å². The van der Waals surface area contributed by atoms with Crippen LogP contribution >= 0.6 is 11.6 Å². The zero-order valence-electron chi connectivity index (χ0n) is 9.81. The molecule has 6 heteroatoms. The molecule has 5 nitrogen and oxygen atoms in total. The van der Waals surface area contributed by atoms with Gasteiger partial charge < -0.3 is 14.4 Å². The number of nitrogens with zero attached hydrogens (tertiary/aromatic N) is 3. The third kappa shape index (κ3) is 3.10. The van der Waals surface area contributed by atoms with E-state index < -0.39 is 0 Å². The number of aliphatic hydroxyl groups excluding tert-OH is 1. The summed E-state index contributed by atoms with van der Waals surface area (Å²) in [6.07, 6.45) is 5.00. The van der Waals surface area contributed by atoms with Crippen molar-refractivity contribution in [1.82, 2.24) is 10.2 Å². The molecule has 0 radical (unpaired) electrons. The lowest BCUT2D eigenvalue weighted by molar-refractivity contribution is 0.250. The molecular formula is C11H18ClN3O2. The Balaban J connectivity index is 2.10. The van der Waals surface area contributed by atoms with E-state index in [2.05, 4.69) is 10.2 Å². The standard InChI is InChI=1S/C11H18ClN3O2/c12-6-5-10-13-14-11(17-10)15-7-3-1-2-4-9(15)8-16/h9,16H,1-8H2. The van der Waals surface area contributed by atoms with Gasteiger partial charge in [0.1, 0.15) is 0 Å². The highest BCUT2D eigenvalue weighted by molar-refractivity contribution is 6.17. The van der Waals surface area contributed by atoms with E-state index >= 15 is 0 Å². The second-order valence-electron chi connectivity index (χ2n) is 4.30. The first kappa shape index (κ1) is 12.6. The van der Waals surface area contributed by atoms with Crippen LogP contribution in [0.25, 0.3) is 0 Å². The van der Waals surface area contributed by atoms with Gasteiger partial charge in [0, 0.05) is 18.8 Å². The second kappa shape index (κ2) is 6.21. The summed E-state index contributed by atoms with van der Waals surface area (Å²) in [6.45, 7) is 1.00. The van der Waals surface area contributed by atoms with Crippen LogP contribution in [0.3, 0.4) is 0 Å². The van der Waals surface area contributed by atoms with Crippen molar-refractivity contribution in [2.45, 2.75) is 38.1 Å². The molecule has 96 valence electrons. The van der Waals surface area contributed by atoms with Crippen LogP contribution in [-0.2, 0) is 6.42 Å². The van der Waals surface area contributed by atoms with Gasteiger partial charge in [-0.05, 0) is 12.8 Å². The summed E-state index contributed by atoms with van der Waals surface area (Å²) in [5.41, 5.74) is 0. The molecule has 1 fully saturated rings. The van der Waals surface area contributed by atoms with Crippen molar-refractivity contribution in [1.29, 1.82) is 0 Å². The maximum atomic E-state index is 9.41. The van der Waals surface area contributed by atoms with Crippen LogP contribution in [0.15, 0.2) is 4.42 Å². The Labute approximate surface area is 106 Å². The number of anilines is 1. The molecule has 1 aliphatic heterocycles. The average molecular weight is 260 g/mol. The fourth-order valence-corrected chi connectivity index (χ4v) is 2.32. The molecule has 2 heterocycles. The van der Waals surface area contributed by atoms with Crippen LogP contribution in [0.2, 0.25) is 0 Å². The molecule has 1 aromatic heterocycles. The Bertz CT molecular complexity index is 345. The van der Waals surface area contributed by atoms with E-state index in [9.17, 15) is 5.11 Å². The van der Waals surface area contributed by atoms with Crippen molar-refractivity contribution in [2.24, 2.45) is 0 Å². The van der Waals surface area contributed by atoms with Gasteiger partial charge in [-0.25, -0.2) is 0 Å². The highest BCUT2D eigenvalue weighted by Gasteiger charge is 2.24. The summed E-state index contributed by atoms with van der Waals surface area (Å²) >= 11 is 5.63. The molecule has 0 bridgehead atoms. The molecule has 2 rings (SSSR count). The first-order chi connectivity index (χ1) is 8.35. The van der Waals surface area contributed by atoms with Crippen molar-refractivity contribution in [3.63, 3.8) is 0 Å². The Morgan fingerprint density at radius 3 is 3.00 bits per heavy atom. The molecule has 17 heavy (non-hydrogen) atoms. The minimum Gasteiger partial charge on any atom is -0.408 e. The summed E-state index contributed by atoms with van der Waals surface area (Å²) in [5.74, 6) is 1.04. The van der Waals surface area contributed by atoms with Crippen molar-refractivity contribution in [3.8, 4) is 0 Å². The summed E-state index contributed by atoms with van der Waals surface area (Å²) in [4.78, 5) is 2.03. The van der Waals surface area contributed by atoms with Gasteiger partial charge in [-0.1, -0.05) is 17.9 Å². The number of hydrogen-bond donors (Lipinski definition) is 1. The average Bonchev–Trinajstić information content (AvgIpc) is 2.66. The summed E-state index contributed by atoms with van der Waals surface area (Å²) in [6, 6.07) is 0.618. The molecule has 1 atom stereocenters. The number of rotatable bonds is 4. The van der Waals surface area contributed by atoms with Crippen LogP contribution in [0.4, 0.5) is 6.01 Å². The van der Waals surface area contributed by atoms with E-state index in [1.807, 2.05) is 4.90 Å². The monoisotopic (exact) mass is 259 g/mol. The predicted octanol–water partition coefficient (Wildman–Crippen LogP) is 1.59. The van der Waals surface area contributed by atoms with Crippen LogP contribution < -0.4 is 4.90 Å². The molecule has 1 N–H and O–H groups in total. The van der Waals surface area contributed by atoms with Crippen molar-refractivity contribution in [2.75, 3.05) is 23.9 Å². The largest absolute Gasteiger partial charge is 0.408 e. The lowest BCUT2D eigenvalue weighted by Crippen LogP contribution is -2.37. The fourth-order valence-electron chi connectivity index (χ4n) is 2.16. The lowest BCUT2D eigenvalue weighted by Gasteiger charge is -2.26. The van der Waals surface area contributed by atoms with Gasteiger partial charge >= 0.3 is 6.01 Å². The maximum absolute atomic E-state index is 9.41. The van der Waals surface area contributed by atoms with E-state index in [-0.39, 0.29) is 12.6 Å². The topological polar surface area (TPSA) is 62.4 Å². The zero-order chi connectivity index (χ0) is 12.1. The first-order valence-corrected chi connectivity index (χ1v) is 6.64. The highest BCUT2D eigenvalue weighted by atomic mass is 35.5. The third-order valence-corrected chi connectivity index (χ3v) is 3.29. The van der Waals surface area contributed by atoms with Crippen LogP contribution in [0.5, 0.6) is 0 Å². The summed E-state index contributed by atoms with van der Waals surface area (Å²) in [7, 11) is 0. The second-order valence-corrected chi connectivity index (χ2v) is 4.67. The minimum absolute atomic E-state index is 0.0989. The van der Waals surface area contributed by atoms with Gasteiger partial charge in [0.25, 0.3) is 0 Å². The Morgan fingerprint density at radius 2 is 2.24 bits per heavy atom. The van der Waals surface area contributed by atoms with Gasteiger partial charge in [-0.3, -0.25) is 0 Å². The molecule has 0 saturated carbocycles. The lowest BCUT2D eigenvalue weighted by atomic mass is 10.1. The maximum Gasteiger partial charge on any atom is 0.318 e. The summed E-state index contributed by atoms with van der Waals surface area (Å²) in [5, 5.41) is 17.4. The number of aliphatic hydroxyl groups is 1. The van der Waals surface area contributed by atoms with Gasteiger partial charge in [-0.2, -0.15) is 0 Å². The molecule has 0 aliphatic carbocycles. The van der Waals surface area contributed by atoms with E-state index in [0.29, 0.717) is 24.2 Å². The Morgan fingerprint density at radius 1 is 1.35 bits per heavy atom. The first-order valence-electron chi connectivity index (χ1n) is 6.11. The number of hydrogen-bond acceptors (Lipinski definition) is 5. The normalized spacial score (nSPS) is 21.5. The quantitative estimate of drug-likeness (QED) is 0.832. The van der Waals surface area contributed by atoms with Crippen LogP contribution in [0.1, 0.15) is 31.6 Å². The zero-order valence-corrected chi connectivity index (χ0v) is 10.6. The van der Waals surface area contributed by atoms with E-state index in [4.69, 9.17) is 16.0 Å². The van der Waals surface area contributed by atoms with Gasteiger partial charge in [0.15, 0.2) is 0 Å². The molecule has 0 amide bonds. The molecule has 1 saturated heterocycles. The SMILES string of the molecule is OCC1CCCCCN1c1nnc(CCCl)o1. The van der Waals surface area contributed by atoms with Crippen molar-refractivity contribution < 1.29 is 9.52 Å². The summed E-state index contributed by atoms with van der Waals surface area (Å²) < 4.78 is 5.56. The molecular weight excluding hydrogens is 242 g/mol. The predicted molar refractivity (Wildman–Crippen MR) is 65.4 cm³/mol.